The lowest BCUT2D eigenvalue weighted by molar-refractivity contribution is 0.829. The minimum absolute atomic E-state index is 0.666. The van der Waals surface area contributed by atoms with Crippen molar-refractivity contribution in [2.75, 3.05) is 0 Å². The highest BCUT2D eigenvalue weighted by Crippen LogP contribution is 2.06. The molecule has 0 unspecified atom stereocenters. The molecule has 0 nitrogen and oxygen atoms in total. The molecule has 0 bridgehead atoms. The Morgan fingerprint density at radius 3 is 2.00 bits per heavy atom. The zero-order valence-corrected chi connectivity index (χ0v) is 6.62. The van der Waals surface area contributed by atoms with Crippen molar-refractivity contribution >= 4 is 15.9 Å². The molecule has 0 fully saturated rings. The van der Waals surface area contributed by atoms with Gasteiger partial charge in [0.25, 0.3) is 0 Å². The molecule has 0 saturated carbocycles. The molecule has 1 heteroatoms. The van der Waals surface area contributed by atoms with Gasteiger partial charge in [0, 0.05) is 0 Å². The predicted octanol–water partition coefficient (Wildman–Crippen LogP) is 2.94. The summed E-state index contributed by atoms with van der Waals surface area (Å²) in [5.74, 6) is 0.666. The van der Waals surface area contributed by atoms with Crippen molar-refractivity contribution in [2.24, 2.45) is 5.92 Å². The maximum atomic E-state index is 3.34. The van der Waals surface area contributed by atoms with Crippen LogP contribution in [0.25, 0.3) is 0 Å². The highest BCUT2D eigenvalue weighted by atomic mass is 79.9. The summed E-state index contributed by atoms with van der Waals surface area (Å²) in [5, 5.41) is 0. The number of hydrogen-bond acceptors (Lipinski definition) is 0. The Balaban J connectivity index is 3.45. The number of allylic oxidation sites excluding steroid dienone is 2. The third-order valence-electron chi connectivity index (χ3n) is 0.563. The van der Waals surface area contributed by atoms with Crippen molar-refractivity contribution in [2.45, 2.75) is 20.8 Å². The van der Waals surface area contributed by atoms with E-state index in [-0.39, 0.29) is 0 Å². The van der Waals surface area contributed by atoms with E-state index in [9.17, 15) is 0 Å². The summed E-state index contributed by atoms with van der Waals surface area (Å²) in [5.41, 5.74) is 0. The van der Waals surface area contributed by atoms with E-state index in [0.29, 0.717) is 5.92 Å². The fourth-order valence-corrected chi connectivity index (χ4v) is 0.988. The van der Waals surface area contributed by atoms with E-state index in [2.05, 4.69) is 35.9 Å². The number of hydrogen-bond donors (Lipinski definition) is 0. The van der Waals surface area contributed by atoms with Crippen LogP contribution < -0.4 is 0 Å². The third kappa shape index (κ3) is 6.22. The van der Waals surface area contributed by atoms with E-state index in [4.69, 9.17) is 0 Å². The smallest absolute Gasteiger partial charge is 0.0118 e. The third-order valence-corrected chi connectivity index (χ3v) is 0.827. The molecule has 0 N–H and O–H groups in total. The SMILES string of the molecule is CC(Br)=CC(C)C. The van der Waals surface area contributed by atoms with Crippen LogP contribution in [-0.4, -0.2) is 0 Å². The van der Waals surface area contributed by atoms with Gasteiger partial charge in [0.1, 0.15) is 0 Å². The minimum atomic E-state index is 0.666. The van der Waals surface area contributed by atoms with Gasteiger partial charge in [-0.25, -0.2) is 0 Å². The Hall–Kier alpha value is 0.220. The molecule has 0 aliphatic heterocycles. The molecule has 0 rings (SSSR count). The lowest BCUT2D eigenvalue weighted by Crippen LogP contribution is -1.76. The molecule has 0 aromatic carbocycles. The monoisotopic (exact) mass is 162 g/mol. The molecule has 0 spiro atoms. The van der Waals surface area contributed by atoms with E-state index >= 15 is 0 Å². The molecule has 0 aliphatic carbocycles. The zero-order valence-electron chi connectivity index (χ0n) is 5.03. The van der Waals surface area contributed by atoms with Crippen LogP contribution in [0.2, 0.25) is 0 Å². The second kappa shape index (κ2) is 3.25. The topological polar surface area (TPSA) is 0 Å². The molecule has 0 atom stereocenters. The van der Waals surface area contributed by atoms with Gasteiger partial charge in [-0.15, -0.1) is 0 Å². The Labute approximate surface area is 53.7 Å². The van der Waals surface area contributed by atoms with Gasteiger partial charge >= 0.3 is 0 Å². The fraction of sp³-hybridized carbons (Fsp3) is 0.667. The minimum Gasteiger partial charge on any atom is -0.0721 e. The summed E-state index contributed by atoms with van der Waals surface area (Å²) in [7, 11) is 0. The molecule has 7 heavy (non-hydrogen) atoms. The first-order valence-electron chi connectivity index (χ1n) is 2.47. The largest absolute Gasteiger partial charge is 0.0721 e. The molecule has 42 valence electrons. The van der Waals surface area contributed by atoms with Gasteiger partial charge < -0.3 is 0 Å². The Kier molecular flexibility index (Phi) is 3.35. The Morgan fingerprint density at radius 2 is 2.00 bits per heavy atom. The van der Waals surface area contributed by atoms with Crippen molar-refractivity contribution in [3.05, 3.63) is 10.6 Å². The quantitative estimate of drug-likeness (QED) is 0.557. The lowest BCUT2D eigenvalue weighted by Gasteiger charge is -1.91. The molecular weight excluding hydrogens is 152 g/mol. The lowest BCUT2D eigenvalue weighted by atomic mass is 10.2. The van der Waals surface area contributed by atoms with Gasteiger partial charge in [-0.2, -0.15) is 0 Å². The maximum Gasteiger partial charge on any atom is -0.0118 e. The van der Waals surface area contributed by atoms with Gasteiger partial charge in [0.05, 0.1) is 0 Å². The van der Waals surface area contributed by atoms with Gasteiger partial charge in [0.15, 0.2) is 0 Å². The first-order valence-corrected chi connectivity index (χ1v) is 3.26. The maximum absolute atomic E-state index is 3.34. The van der Waals surface area contributed by atoms with Crippen LogP contribution in [0.1, 0.15) is 20.8 Å². The first-order chi connectivity index (χ1) is 3.13. The predicted molar refractivity (Wildman–Crippen MR) is 37.5 cm³/mol. The van der Waals surface area contributed by atoms with Crippen LogP contribution in [0, 0.1) is 5.92 Å². The molecule has 0 amide bonds. The molecule has 0 aromatic rings. The Morgan fingerprint density at radius 1 is 1.57 bits per heavy atom. The van der Waals surface area contributed by atoms with Gasteiger partial charge in [-0.3, -0.25) is 0 Å². The van der Waals surface area contributed by atoms with E-state index in [1.165, 1.54) is 4.48 Å². The molecule has 0 heterocycles. The number of rotatable bonds is 1. The summed E-state index contributed by atoms with van der Waals surface area (Å²) >= 11 is 3.34. The fourth-order valence-electron chi connectivity index (χ4n) is 0.459. The van der Waals surface area contributed by atoms with Crippen molar-refractivity contribution in [1.29, 1.82) is 0 Å². The van der Waals surface area contributed by atoms with Crippen molar-refractivity contribution in [3.63, 3.8) is 0 Å². The normalized spacial score (nSPS) is 13.0. The average Bonchev–Trinajstić information content (AvgIpc) is 1.27. The highest BCUT2D eigenvalue weighted by Gasteiger charge is 1.83. The van der Waals surface area contributed by atoms with Crippen LogP contribution in [-0.2, 0) is 0 Å². The standard InChI is InChI=1S/C6H11Br/c1-5(2)4-6(3)7/h4-5H,1-3H3. The van der Waals surface area contributed by atoms with E-state index in [0.717, 1.165) is 0 Å². The zero-order chi connectivity index (χ0) is 5.86. The van der Waals surface area contributed by atoms with Crippen LogP contribution in [0.15, 0.2) is 10.6 Å². The van der Waals surface area contributed by atoms with E-state index < -0.39 is 0 Å². The summed E-state index contributed by atoms with van der Waals surface area (Å²) in [6, 6.07) is 0. The molecule has 0 saturated heterocycles. The second-order valence-electron chi connectivity index (χ2n) is 2.00. The van der Waals surface area contributed by atoms with Crippen molar-refractivity contribution < 1.29 is 0 Å². The molecule has 0 aromatic heterocycles. The van der Waals surface area contributed by atoms with Crippen LogP contribution in [0.4, 0.5) is 0 Å². The van der Waals surface area contributed by atoms with Crippen LogP contribution in [0.3, 0.4) is 0 Å². The van der Waals surface area contributed by atoms with E-state index in [1.807, 2.05) is 6.92 Å². The molecule has 0 aliphatic rings. The summed E-state index contributed by atoms with van der Waals surface area (Å²) in [6.45, 7) is 6.36. The summed E-state index contributed by atoms with van der Waals surface area (Å²) < 4.78 is 1.22. The number of halogens is 1. The van der Waals surface area contributed by atoms with Gasteiger partial charge in [-0.05, 0) is 17.3 Å². The highest BCUT2D eigenvalue weighted by molar-refractivity contribution is 9.11. The molecule has 0 radical (unpaired) electrons. The van der Waals surface area contributed by atoms with Crippen molar-refractivity contribution in [3.8, 4) is 0 Å². The Bertz CT molecular complexity index is 68.2. The first kappa shape index (κ1) is 7.22. The van der Waals surface area contributed by atoms with E-state index in [1.54, 1.807) is 0 Å². The van der Waals surface area contributed by atoms with Gasteiger partial charge in [-0.1, -0.05) is 35.9 Å². The van der Waals surface area contributed by atoms with Crippen LogP contribution >= 0.6 is 15.9 Å². The van der Waals surface area contributed by atoms with Crippen LogP contribution in [0.5, 0.6) is 0 Å². The average molecular weight is 163 g/mol. The van der Waals surface area contributed by atoms with Crippen molar-refractivity contribution in [1.82, 2.24) is 0 Å². The molecular formula is C6H11Br. The summed E-state index contributed by atoms with van der Waals surface area (Å²) in [4.78, 5) is 0. The van der Waals surface area contributed by atoms with Gasteiger partial charge in [0.2, 0.25) is 0 Å². The summed E-state index contributed by atoms with van der Waals surface area (Å²) in [6.07, 6.45) is 2.17. The second-order valence-corrected chi connectivity index (χ2v) is 3.25.